The van der Waals surface area contributed by atoms with Crippen molar-refractivity contribution in [1.29, 1.82) is 0 Å². The molecule has 0 rings (SSSR count). The van der Waals surface area contributed by atoms with Gasteiger partial charge < -0.3 is 13.9 Å². The molecule has 0 aliphatic rings. The van der Waals surface area contributed by atoms with E-state index in [1.165, 1.54) is 103 Å². The minimum atomic E-state index is -3.92. The number of phosphoric acid groups is 1. The second-order valence-electron chi connectivity index (χ2n) is 9.53. The Labute approximate surface area is 209 Å². The maximum atomic E-state index is 10.2. The number of unbranched alkanes of at least 4 members (excludes halogenated alkanes) is 12. The summed E-state index contributed by atoms with van der Waals surface area (Å²) in [6.45, 7) is 11.1. The van der Waals surface area contributed by atoms with Crippen molar-refractivity contribution in [2.24, 2.45) is 0 Å². The van der Waals surface area contributed by atoms with Crippen LogP contribution in [-0.2, 0) is 13.6 Å². The van der Waals surface area contributed by atoms with Crippen molar-refractivity contribution in [3.8, 4) is 0 Å². The summed E-state index contributed by atoms with van der Waals surface area (Å²) in [7, 11) is -3.52. The predicted octanol–water partition coefficient (Wildman–Crippen LogP) is 9.46. The van der Waals surface area contributed by atoms with Gasteiger partial charge in [0.15, 0.2) is 0 Å². The van der Waals surface area contributed by atoms with E-state index in [4.69, 9.17) is 0 Å². The number of hydrogen-bond donors (Lipinski definition) is 0. The van der Waals surface area contributed by atoms with Gasteiger partial charge in [0.05, 0.1) is 31.3 Å². The molecule has 6 heteroatoms. The smallest absolute Gasteiger partial charge is 0.267 e. The molecule has 4 nitrogen and oxygen atoms in total. The van der Waals surface area contributed by atoms with Crippen LogP contribution in [0.1, 0.15) is 137 Å². The van der Waals surface area contributed by atoms with Gasteiger partial charge in [0.2, 0.25) is 0 Å². The first-order valence-electron chi connectivity index (χ1n) is 14.2. The molecule has 0 spiro atoms. The first-order chi connectivity index (χ1) is 15.9. The Kier molecular flexibility index (Phi) is 27.7. The summed E-state index contributed by atoms with van der Waals surface area (Å²) in [4.78, 5) is 10.2. The standard InChI is InChI=1S/C24H52P.C3H9O4P/c1-5-9-13-17-21-25(22-18-14-10-6-2,23-19-15-11-7-3)24-20-16-12-8-4;1-3-7-8(4,5)6-2/h5-24H2,1-4H3;3H2,1-2H3,(H,4,5)/q+1;/p-1. The van der Waals surface area contributed by atoms with E-state index in [0.717, 1.165) is 7.11 Å². The molecule has 0 aromatic carbocycles. The Morgan fingerprint density at radius 2 is 0.879 bits per heavy atom. The van der Waals surface area contributed by atoms with E-state index in [1.807, 2.05) is 0 Å². The molecular formula is C27H60O4P2. The largest absolute Gasteiger partial charge is 0.756 e. The van der Waals surface area contributed by atoms with Gasteiger partial charge in [-0.3, -0.25) is 4.57 Å². The molecule has 0 fully saturated rings. The fourth-order valence-electron chi connectivity index (χ4n) is 4.38. The van der Waals surface area contributed by atoms with Crippen LogP contribution in [0.2, 0.25) is 0 Å². The van der Waals surface area contributed by atoms with Gasteiger partial charge in [0.1, 0.15) is 0 Å². The summed E-state index contributed by atoms with van der Waals surface area (Å²) in [6, 6.07) is 0. The molecule has 0 aliphatic heterocycles. The van der Waals surface area contributed by atoms with E-state index in [-0.39, 0.29) is 6.61 Å². The second kappa shape index (κ2) is 25.6. The third kappa shape index (κ3) is 24.0. The van der Waals surface area contributed by atoms with E-state index < -0.39 is 15.1 Å². The molecule has 0 aliphatic carbocycles. The molecule has 0 aromatic heterocycles. The molecule has 0 saturated heterocycles. The molecule has 1 atom stereocenters. The van der Waals surface area contributed by atoms with Crippen LogP contribution in [0.15, 0.2) is 0 Å². The highest BCUT2D eigenvalue weighted by atomic mass is 31.2. The first kappa shape index (κ1) is 35.7. The van der Waals surface area contributed by atoms with Gasteiger partial charge in [-0.05, 0) is 58.3 Å². The van der Waals surface area contributed by atoms with Gasteiger partial charge in [-0.15, -0.1) is 0 Å². The zero-order valence-corrected chi connectivity index (χ0v) is 25.2. The summed E-state index contributed by atoms with van der Waals surface area (Å²) in [5, 5.41) is 0. The minimum Gasteiger partial charge on any atom is -0.756 e. The van der Waals surface area contributed by atoms with E-state index in [2.05, 4.69) is 36.7 Å². The quantitative estimate of drug-likeness (QED) is 0.101. The van der Waals surface area contributed by atoms with Crippen LogP contribution >= 0.6 is 15.1 Å². The highest BCUT2D eigenvalue weighted by molar-refractivity contribution is 7.75. The van der Waals surface area contributed by atoms with Gasteiger partial charge >= 0.3 is 0 Å². The molecular weight excluding hydrogens is 450 g/mol. The molecule has 1 unspecified atom stereocenters. The van der Waals surface area contributed by atoms with Crippen LogP contribution in [0.25, 0.3) is 0 Å². The summed E-state index contributed by atoms with van der Waals surface area (Å²) >= 11 is 0. The Morgan fingerprint density at radius 1 is 0.576 bits per heavy atom. The van der Waals surface area contributed by atoms with Gasteiger partial charge in [0, 0.05) is 14.4 Å². The van der Waals surface area contributed by atoms with Crippen molar-refractivity contribution in [3.05, 3.63) is 0 Å². The van der Waals surface area contributed by atoms with Crippen LogP contribution < -0.4 is 4.89 Å². The Hall–Kier alpha value is 0.540. The second-order valence-corrected chi connectivity index (χ2v) is 15.5. The zero-order valence-electron chi connectivity index (χ0n) is 23.4. The normalized spacial score (nSPS) is 13.4. The van der Waals surface area contributed by atoms with Crippen molar-refractivity contribution in [2.75, 3.05) is 38.4 Å². The zero-order chi connectivity index (χ0) is 25.3. The monoisotopic (exact) mass is 510 g/mol. The average molecular weight is 511 g/mol. The number of hydrogen-bond acceptors (Lipinski definition) is 4. The fourth-order valence-corrected chi connectivity index (χ4v) is 9.72. The van der Waals surface area contributed by atoms with Crippen molar-refractivity contribution < 1.29 is 18.5 Å². The first-order valence-corrected chi connectivity index (χ1v) is 18.2. The van der Waals surface area contributed by atoms with Crippen LogP contribution in [0.4, 0.5) is 0 Å². The number of phosphoric ester groups is 1. The fraction of sp³-hybridized carbons (Fsp3) is 1.00. The lowest BCUT2D eigenvalue weighted by molar-refractivity contribution is -0.222. The van der Waals surface area contributed by atoms with Crippen LogP contribution in [0.3, 0.4) is 0 Å². The van der Waals surface area contributed by atoms with Crippen molar-refractivity contribution in [3.63, 3.8) is 0 Å². The Morgan fingerprint density at radius 3 is 1.06 bits per heavy atom. The number of rotatable bonds is 23. The lowest BCUT2D eigenvalue weighted by Crippen LogP contribution is -2.13. The van der Waals surface area contributed by atoms with Gasteiger partial charge in [-0.25, -0.2) is 0 Å². The van der Waals surface area contributed by atoms with E-state index in [1.54, 1.807) is 31.6 Å². The van der Waals surface area contributed by atoms with Gasteiger partial charge in [-0.1, -0.05) is 79.1 Å². The Balaban J connectivity index is 0. The molecule has 33 heavy (non-hydrogen) atoms. The molecule has 0 saturated carbocycles. The summed E-state index contributed by atoms with van der Waals surface area (Å²) < 4.78 is 18.3. The maximum Gasteiger partial charge on any atom is 0.267 e. The molecule has 0 aromatic rings. The third-order valence-electron chi connectivity index (χ3n) is 6.45. The SMILES string of the molecule is CCCCCC[P+](CCCCCC)(CCCCCC)CCCCCC.CCOP(=O)([O-])OC. The highest BCUT2D eigenvalue weighted by Gasteiger charge is 2.34. The lowest BCUT2D eigenvalue weighted by atomic mass is 10.2. The van der Waals surface area contributed by atoms with Crippen molar-refractivity contribution in [1.82, 2.24) is 0 Å². The summed E-state index contributed by atoms with van der Waals surface area (Å²) in [5.74, 6) is 0. The van der Waals surface area contributed by atoms with E-state index >= 15 is 0 Å². The van der Waals surface area contributed by atoms with E-state index in [9.17, 15) is 9.46 Å². The molecule has 0 amide bonds. The third-order valence-corrected chi connectivity index (χ3v) is 12.5. The van der Waals surface area contributed by atoms with Crippen LogP contribution in [0.5, 0.6) is 0 Å². The van der Waals surface area contributed by atoms with Crippen LogP contribution in [-0.4, -0.2) is 38.4 Å². The van der Waals surface area contributed by atoms with Crippen LogP contribution in [0, 0.1) is 0 Å². The average Bonchev–Trinajstić information content (AvgIpc) is 2.80. The lowest BCUT2D eigenvalue weighted by Gasteiger charge is -2.28. The molecule has 0 radical (unpaired) electrons. The van der Waals surface area contributed by atoms with Gasteiger partial charge in [0.25, 0.3) is 7.82 Å². The van der Waals surface area contributed by atoms with Gasteiger partial charge in [-0.2, -0.15) is 0 Å². The molecule has 0 N–H and O–H groups in total. The Bertz CT molecular complexity index is 379. The van der Waals surface area contributed by atoms with Crippen molar-refractivity contribution >= 4 is 15.1 Å². The maximum absolute atomic E-state index is 10.2. The van der Waals surface area contributed by atoms with Crippen molar-refractivity contribution in [2.45, 2.75) is 137 Å². The molecule has 0 bridgehead atoms. The topological polar surface area (TPSA) is 58.6 Å². The summed E-state index contributed by atoms with van der Waals surface area (Å²) in [5.41, 5.74) is 0. The predicted molar refractivity (Wildman–Crippen MR) is 149 cm³/mol. The van der Waals surface area contributed by atoms with E-state index in [0.29, 0.717) is 0 Å². The summed E-state index contributed by atoms with van der Waals surface area (Å²) in [6.07, 6.45) is 30.1. The molecule has 0 heterocycles. The highest BCUT2D eigenvalue weighted by Crippen LogP contribution is 2.61. The molecule has 202 valence electrons. The minimum absolute atomic E-state index is 0.120.